The van der Waals surface area contributed by atoms with Crippen LogP contribution in [0.5, 0.6) is 0 Å². The molecule has 0 saturated heterocycles. The van der Waals surface area contributed by atoms with Gasteiger partial charge in [-0.1, -0.05) is 15.9 Å². The van der Waals surface area contributed by atoms with E-state index >= 15 is 0 Å². The number of nitrogens with zero attached hydrogens (tertiary/aromatic N) is 2. The van der Waals surface area contributed by atoms with Gasteiger partial charge in [0.1, 0.15) is 0 Å². The van der Waals surface area contributed by atoms with Gasteiger partial charge in [-0.2, -0.15) is 5.10 Å². The lowest BCUT2D eigenvalue weighted by Crippen LogP contribution is -2.02. The maximum absolute atomic E-state index is 4.41. The van der Waals surface area contributed by atoms with E-state index in [9.17, 15) is 0 Å². The molecule has 0 bridgehead atoms. The second kappa shape index (κ2) is 4.92. The summed E-state index contributed by atoms with van der Waals surface area (Å²) in [6.07, 6.45) is 0. The van der Waals surface area contributed by atoms with Crippen molar-refractivity contribution in [3.05, 3.63) is 45.7 Å². The fourth-order valence-corrected chi connectivity index (χ4v) is 2.10. The third-order valence-corrected chi connectivity index (χ3v) is 3.50. The van der Waals surface area contributed by atoms with Crippen LogP contribution in [0, 0.1) is 13.8 Å². The minimum Gasteiger partial charge on any atom is -0.381 e. The van der Waals surface area contributed by atoms with E-state index in [0.717, 1.165) is 22.4 Å². The normalized spacial score (nSPS) is 10.6. The Morgan fingerprint density at radius 2 is 1.88 bits per heavy atom. The molecule has 0 fully saturated rings. The zero-order chi connectivity index (χ0) is 12.4. The first-order valence-corrected chi connectivity index (χ1v) is 6.35. The molecule has 0 spiro atoms. The van der Waals surface area contributed by atoms with Crippen molar-refractivity contribution in [3.8, 4) is 0 Å². The van der Waals surface area contributed by atoms with Gasteiger partial charge >= 0.3 is 0 Å². The standard InChI is InChI=1S/C13H16BrN3/c1-9-13(10(2)17(3)16-9)8-15-12-6-4-11(14)5-7-12/h4-7,15H,8H2,1-3H3. The van der Waals surface area contributed by atoms with Gasteiger partial charge < -0.3 is 5.32 Å². The fourth-order valence-electron chi connectivity index (χ4n) is 1.83. The van der Waals surface area contributed by atoms with Crippen molar-refractivity contribution in [3.63, 3.8) is 0 Å². The van der Waals surface area contributed by atoms with E-state index in [-0.39, 0.29) is 0 Å². The lowest BCUT2D eigenvalue weighted by Gasteiger charge is -2.07. The van der Waals surface area contributed by atoms with Crippen molar-refractivity contribution >= 4 is 21.6 Å². The van der Waals surface area contributed by atoms with E-state index in [0.29, 0.717) is 0 Å². The predicted octanol–water partition coefficient (Wildman–Crippen LogP) is 3.41. The average molecular weight is 294 g/mol. The summed E-state index contributed by atoms with van der Waals surface area (Å²) < 4.78 is 3.02. The molecule has 3 nitrogen and oxygen atoms in total. The number of aryl methyl sites for hydroxylation is 2. The summed E-state index contributed by atoms with van der Waals surface area (Å²) in [7, 11) is 1.98. The van der Waals surface area contributed by atoms with Crippen LogP contribution in [0.25, 0.3) is 0 Å². The summed E-state index contributed by atoms with van der Waals surface area (Å²) in [6, 6.07) is 8.19. The van der Waals surface area contributed by atoms with Crippen molar-refractivity contribution in [1.82, 2.24) is 9.78 Å². The Kier molecular flexibility index (Phi) is 3.52. The average Bonchev–Trinajstić information content (AvgIpc) is 2.54. The summed E-state index contributed by atoms with van der Waals surface area (Å²) in [5, 5.41) is 7.82. The van der Waals surface area contributed by atoms with E-state index in [4.69, 9.17) is 0 Å². The summed E-state index contributed by atoms with van der Waals surface area (Å²) in [5.74, 6) is 0. The molecule has 0 aliphatic rings. The van der Waals surface area contributed by atoms with Gasteiger partial charge in [0, 0.05) is 35.0 Å². The summed E-state index contributed by atoms with van der Waals surface area (Å²) in [5.41, 5.74) is 4.70. The molecule has 1 heterocycles. The highest BCUT2D eigenvalue weighted by molar-refractivity contribution is 9.10. The van der Waals surface area contributed by atoms with Gasteiger partial charge in [-0.3, -0.25) is 4.68 Å². The van der Waals surface area contributed by atoms with Crippen LogP contribution in [0.15, 0.2) is 28.7 Å². The Morgan fingerprint density at radius 3 is 2.41 bits per heavy atom. The SMILES string of the molecule is Cc1nn(C)c(C)c1CNc1ccc(Br)cc1. The fraction of sp³-hybridized carbons (Fsp3) is 0.308. The van der Waals surface area contributed by atoms with Crippen molar-refractivity contribution in [1.29, 1.82) is 0 Å². The third kappa shape index (κ3) is 2.69. The molecule has 0 unspecified atom stereocenters. The zero-order valence-electron chi connectivity index (χ0n) is 10.3. The van der Waals surface area contributed by atoms with Crippen LogP contribution >= 0.6 is 15.9 Å². The van der Waals surface area contributed by atoms with E-state index in [2.05, 4.69) is 45.4 Å². The highest BCUT2D eigenvalue weighted by atomic mass is 79.9. The molecule has 1 aromatic carbocycles. The van der Waals surface area contributed by atoms with Gasteiger partial charge in [0.05, 0.1) is 5.69 Å². The van der Waals surface area contributed by atoms with Crippen molar-refractivity contribution in [2.75, 3.05) is 5.32 Å². The summed E-state index contributed by atoms with van der Waals surface area (Å²) in [6.45, 7) is 4.96. The van der Waals surface area contributed by atoms with Crippen molar-refractivity contribution in [2.45, 2.75) is 20.4 Å². The van der Waals surface area contributed by atoms with E-state index in [1.807, 2.05) is 30.8 Å². The first-order chi connectivity index (χ1) is 8.08. The number of rotatable bonds is 3. The number of halogens is 1. The Bertz CT molecular complexity index is 514. The Morgan fingerprint density at radius 1 is 1.24 bits per heavy atom. The molecule has 2 aromatic rings. The van der Waals surface area contributed by atoms with Crippen LogP contribution in [0.1, 0.15) is 17.0 Å². The molecule has 90 valence electrons. The highest BCUT2D eigenvalue weighted by Crippen LogP contribution is 2.17. The number of hydrogen-bond donors (Lipinski definition) is 1. The van der Waals surface area contributed by atoms with Crippen molar-refractivity contribution < 1.29 is 0 Å². The van der Waals surface area contributed by atoms with Crippen LogP contribution in [0.3, 0.4) is 0 Å². The quantitative estimate of drug-likeness (QED) is 0.940. The number of benzene rings is 1. The maximum Gasteiger partial charge on any atom is 0.0646 e. The summed E-state index contributed by atoms with van der Waals surface area (Å²) in [4.78, 5) is 0. The van der Waals surface area contributed by atoms with Crippen LogP contribution in [0.4, 0.5) is 5.69 Å². The monoisotopic (exact) mass is 293 g/mol. The number of aromatic nitrogens is 2. The predicted molar refractivity (Wildman–Crippen MR) is 74.2 cm³/mol. The van der Waals surface area contributed by atoms with Crippen LogP contribution in [-0.2, 0) is 13.6 Å². The van der Waals surface area contributed by atoms with Gasteiger partial charge in [-0.25, -0.2) is 0 Å². The van der Waals surface area contributed by atoms with E-state index in [1.165, 1.54) is 11.3 Å². The molecule has 0 aliphatic carbocycles. The molecule has 1 N–H and O–H groups in total. The van der Waals surface area contributed by atoms with E-state index in [1.54, 1.807) is 0 Å². The second-order valence-corrected chi connectivity index (χ2v) is 5.05. The lowest BCUT2D eigenvalue weighted by molar-refractivity contribution is 0.730. The molecular weight excluding hydrogens is 278 g/mol. The molecule has 0 amide bonds. The van der Waals surface area contributed by atoms with Gasteiger partial charge in [0.2, 0.25) is 0 Å². The largest absolute Gasteiger partial charge is 0.381 e. The minimum absolute atomic E-state index is 0.813. The van der Waals surface area contributed by atoms with Gasteiger partial charge in [0.15, 0.2) is 0 Å². The molecule has 1 aromatic heterocycles. The first kappa shape index (κ1) is 12.2. The maximum atomic E-state index is 4.41. The highest BCUT2D eigenvalue weighted by Gasteiger charge is 2.08. The first-order valence-electron chi connectivity index (χ1n) is 5.56. The minimum atomic E-state index is 0.813. The van der Waals surface area contributed by atoms with Crippen molar-refractivity contribution in [2.24, 2.45) is 7.05 Å². The van der Waals surface area contributed by atoms with Crippen LogP contribution in [-0.4, -0.2) is 9.78 Å². The zero-order valence-corrected chi connectivity index (χ0v) is 11.9. The number of nitrogens with one attached hydrogen (secondary N) is 1. The van der Waals surface area contributed by atoms with Crippen LogP contribution in [0.2, 0.25) is 0 Å². The molecular formula is C13H16BrN3. The topological polar surface area (TPSA) is 29.9 Å². The Labute approximate surface area is 110 Å². The molecule has 0 saturated carbocycles. The third-order valence-electron chi connectivity index (χ3n) is 2.97. The number of hydrogen-bond acceptors (Lipinski definition) is 2. The Balaban J connectivity index is 2.09. The molecule has 4 heteroatoms. The Hall–Kier alpha value is -1.29. The number of anilines is 1. The molecule has 2 rings (SSSR count). The molecule has 0 aliphatic heterocycles. The lowest BCUT2D eigenvalue weighted by atomic mass is 10.2. The molecule has 0 radical (unpaired) electrons. The van der Waals surface area contributed by atoms with E-state index < -0.39 is 0 Å². The molecule has 17 heavy (non-hydrogen) atoms. The molecule has 0 atom stereocenters. The van der Waals surface area contributed by atoms with Gasteiger partial charge in [-0.15, -0.1) is 0 Å². The van der Waals surface area contributed by atoms with Gasteiger partial charge in [0.25, 0.3) is 0 Å². The second-order valence-electron chi connectivity index (χ2n) is 4.13. The van der Waals surface area contributed by atoms with Crippen LogP contribution < -0.4 is 5.32 Å². The van der Waals surface area contributed by atoms with Gasteiger partial charge in [-0.05, 0) is 38.1 Å². The summed E-state index contributed by atoms with van der Waals surface area (Å²) >= 11 is 3.43. The smallest absolute Gasteiger partial charge is 0.0646 e.